The van der Waals surface area contributed by atoms with Crippen LogP contribution in [0.5, 0.6) is 5.75 Å². The van der Waals surface area contributed by atoms with Gasteiger partial charge in [-0.3, -0.25) is 14.2 Å². The average Bonchev–Trinajstić information content (AvgIpc) is 3.17. The zero-order valence-electron chi connectivity index (χ0n) is 18.0. The number of rotatable bonds is 5. The van der Waals surface area contributed by atoms with Crippen LogP contribution in [0.3, 0.4) is 0 Å². The standard InChI is InChI=1S/C26H18ClN3O3S/c1-33-19-13-11-17(12-14-19)15-23-25(32)30(18-7-3-2-4-8-18)26(34-23)20(16-28)24(31)29-22-10-6-5-9-21(22)27/h2-15H,1H3,(H,29,31)/b23-15+,26-20+. The number of nitriles is 1. The molecule has 0 aliphatic rings. The Hall–Kier alpha value is -4.12. The van der Waals surface area contributed by atoms with E-state index < -0.39 is 5.91 Å². The van der Waals surface area contributed by atoms with Gasteiger partial charge in [0.05, 0.1) is 28.0 Å². The summed E-state index contributed by atoms with van der Waals surface area (Å²) < 4.78 is 7.17. The van der Waals surface area contributed by atoms with Gasteiger partial charge >= 0.3 is 0 Å². The summed E-state index contributed by atoms with van der Waals surface area (Å²) in [5.74, 6) is 0.0413. The number of ether oxygens (including phenoxy) is 1. The van der Waals surface area contributed by atoms with Crippen molar-refractivity contribution in [3.8, 4) is 17.5 Å². The topological polar surface area (TPSA) is 84.1 Å². The predicted octanol–water partition coefficient (Wildman–Crippen LogP) is 3.70. The minimum absolute atomic E-state index is 0.194. The summed E-state index contributed by atoms with van der Waals surface area (Å²) in [5, 5.41) is 12.9. The van der Waals surface area contributed by atoms with Gasteiger partial charge in [-0.05, 0) is 48.0 Å². The molecule has 0 aliphatic heterocycles. The minimum Gasteiger partial charge on any atom is -0.497 e. The molecule has 4 rings (SSSR count). The molecule has 0 spiro atoms. The van der Waals surface area contributed by atoms with Crippen LogP contribution in [0.4, 0.5) is 5.69 Å². The molecule has 168 valence electrons. The Labute approximate surface area is 204 Å². The third-order valence-electron chi connectivity index (χ3n) is 4.93. The largest absolute Gasteiger partial charge is 0.497 e. The van der Waals surface area contributed by atoms with Crippen LogP contribution in [0.15, 0.2) is 83.7 Å². The van der Waals surface area contributed by atoms with E-state index in [1.807, 2.05) is 24.3 Å². The fraction of sp³-hybridized carbons (Fsp3) is 0.0385. The summed E-state index contributed by atoms with van der Waals surface area (Å²) in [4.78, 5) is 26.5. The lowest BCUT2D eigenvalue weighted by Gasteiger charge is -2.07. The van der Waals surface area contributed by atoms with E-state index in [0.29, 0.717) is 26.7 Å². The van der Waals surface area contributed by atoms with Gasteiger partial charge in [0.25, 0.3) is 11.5 Å². The van der Waals surface area contributed by atoms with Crippen LogP contribution in [0, 0.1) is 11.3 Å². The molecule has 0 radical (unpaired) electrons. The molecule has 0 aliphatic carbocycles. The molecule has 0 bridgehead atoms. The van der Waals surface area contributed by atoms with Crippen LogP contribution in [-0.2, 0) is 4.79 Å². The number of thiazole rings is 1. The number of aromatic nitrogens is 1. The number of nitrogens with one attached hydrogen (secondary N) is 1. The Morgan fingerprint density at radius 1 is 1.06 bits per heavy atom. The number of amides is 1. The Morgan fingerprint density at radius 2 is 1.74 bits per heavy atom. The van der Waals surface area contributed by atoms with E-state index in [1.54, 1.807) is 73.8 Å². The van der Waals surface area contributed by atoms with E-state index in [1.165, 1.54) is 4.57 Å². The molecule has 3 aromatic carbocycles. The number of hydrogen-bond acceptors (Lipinski definition) is 5. The number of carbonyl (C=O) groups is 1. The van der Waals surface area contributed by atoms with E-state index in [2.05, 4.69) is 5.32 Å². The first-order chi connectivity index (χ1) is 16.5. The number of para-hydroxylation sites is 2. The highest BCUT2D eigenvalue weighted by Crippen LogP contribution is 2.21. The van der Waals surface area contributed by atoms with Crippen LogP contribution in [0.25, 0.3) is 17.3 Å². The van der Waals surface area contributed by atoms with Gasteiger partial charge in [0.1, 0.15) is 16.5 Å². The maximum Gasteiger partial charge on any atom is 0.273 e. The van der Waals surface area contributed by atoms with Crippen molar-refractivity contribution in [3.05, 3.63) is 109 Å². The summed E-state index contributed by atoms with van der Waals surface area (Å²) in [7, 11) is 1.58. The van der Waals surface area contributed by atoms with Crippen LogP contribution in [0.1, 0.15) is 5.56 Å². The van der Waals surface area contributed by atoms with Crippen LogP contribution < -0.4 is 24.8 Å². The van der Waals surface area contributed by atoms with Crippen molar-refractivity contribution in [3.63, 3.8) is 0 Å². The molecule has 1 aromatic heterocycles. The van der Waals surface area contributed by atoms with Crippen molar-refractivity contribution in [2.24, 2.45) is 0 Å². The van der Waals surface area contributed by atoms with Crippen molar-refractivity contribution >= 4 is 46.2 Å². The van der Waals surface area contributed by atoms with E-state index in [9.17, 15) is 14.9 Å². The van der Waals surface area contributed by atoms with Crippen molar-refractivity contribution in [1.29, 1.82) is 5.26 Å². The Bertz CT molecular complexity index is 1570. The molecule has 0 saturated carbocycles. The lowest BCUT2D eigenvalue weighted by atomic mass is 10.2. The lowest BCUT2D eigenvalue weighted by Crippen LogP contribution is -2.32. The number of halogens is 1. The van der Waals surface area contributed by atoms with E-state index in [4.69, 9.17) is 16.3 Å². The average molecular weight is 488 g/mol. The van der Waals surface area contributed by atoms with Crippen molar-refractivity contribution in [2.75, 3.05) is 12.4 Å². The number of carbonyl (C=O) groups excluding carboxylic acids is 1. The van der Waals surface area contributed by atoms with E-state index in [-0.39, 0.29) is 15.8 Å². The Morgan fingerprint density at radius 3 is 2.38 bits per heavy atom. The molecular formula is C26H18ClN3O3S. The molecule has 0 atom stereocenters. The van der Waals surface area contributed by atoms with E-state index in [0.717, 1.165) is 16.9 Å². The first-order valence-corrected chi connectivity index (χ1v) is 11.3. The molecule has 0 fully saturated rings. The summed E-state index contributed by atoms with van der Waals surface area (Å²) in [6.45, 7) is 0. The monoisotopic (exact) mass is 487 g/mol. The second-order valence-electron chi connectivity index (χ2n) is 7.09. The molecule has 1 heterocycles. The fourth-order valence-electron chi connectivity index (χ4n) is 3.26. The quantitative estimate of drug-likeness (QED) is 0.465. The van der Waals surface area contributed by atoms with Gasteiger partial charge in [0.2, 0.25) is 0 Å². The zero-order chi connectivity index (χ0) is 24.1. The van der Waals surface area contributed by atoms with Crippen molar-refractivity contribution in [1.82, 2.24) is 4.57 Å². The molecule has 1 amide bonds. The lowest BCUT2D eigenvalue weighted by molar-refractivity contribution is -0.111. The van der Waals surface area contributed by atoms with Gasteiger partial charge in [0.15, 0.2) is 5.57 Å². The summed E-state index contributed by atoms with van der Waals surface area (Å²) >= 11 is 7.23. The van der Waals surface area contributed by atoms with E-state index >= 15 is 0 Å². The van der Waals surface area contributed by atoms with Gasteiger partial charge in [-0.1, -0.05) is 54.1 Å². The first kappa shape index (κ1) is 23.1. The smallest absolute Gasteiger partial charge is 0.273 e. The highest BCUT2D eigenvalue weighted by atomic mass is 35.5. The molecule has 1 N–H and O–H groups in total. The van der Waals surface area contributed by atoms with Gasteiger partial charge < -0.3 is 10.1 Å². The first-order valence-electron chi connectivity index (χ1n) is 10.1. The third-order valence-corrected chi connectivity index (χ3v) is 6.35. The van der Waals surface area contributed by atoms with Gasteiger partial charge in [-0.2, -0.15) is 5.26 Å². The normalized spacial score (nSPS) is 12.1. The molecule has 0 unspecified atom stereocenters. The molecule has 34 heavy (non-hydrogen) atoms. The number of nitrogens with zero attached hydrogens (tertiary/aromatic N) is 2. The summed E-state index contributed by atoms with van der Waals surface area (Å²) in [6.07, 6.45) is 1.72. The summed E-state index contributed by atoms with van der Waals surface area (Å²) in [6, 6.07) is 24.8. The highest BCUT2D eigenvalue weighted by Gasteiger charge is 2.18. The van der Waals surface area contributed by atoms with Crippen LogP contribution in [0.2, 0.25) is 5.02 Å². The van der Waals surface area contributed by atoms with Crippen LogP contribution in [-0.4, -0.2) is 17.6 Å². The Balaban J connectivity index is 1.93. The second kappa shape index (κ2) is 10.2. The summed E-state index contributed by atoms with van der Waals surface area (Å²) in [5.41, 5.74) is 1.18. The second-order valence-corrected chi connectivity index (χ2v) is 8.52. The molecule has 4 aromatic rings. The van der Waals surface area contributed by atoms with Gasteiger partial charge in [-0.15, -0.1) is 11.3 Å². The predicted molar refractivity (Wildman–Crippen MR) is 135 cm³/mol. The molecule has 0 saturated heterocycles. The molecule has 6 nitrogen and oxygen atoms in total. The zero-order valence-corrected chi connectivity index (χ0v) is 19.6. The molecule has 8 heteroatoms. The molecular weight excluding hydrogens is 470 g/mol. The third kappa shape index (κ3) is 4.79. The number of benzene rings is 3. The van der Waals surface area contributed by atoms with Gasteiger partial charge in [0, 0.05) is 0 Å². The maximum atomic E-state index is 13.4. The number of anilines is 1. The number of methoxy groups -OCH3 is 1. The number of hydrogen-bond donors (Lipinski definition) is 1. The fourth-order valence-corrected chi connectivity index (χ4v) is 4.54. The van der Waals surface area contributed by atoms with Crippen LogP contribution >= 0.6 is 22.9 Å². The maximum absolute atomic E-state index is 13.4. The van der Waals surface area contributed by atoms with Crippen molar-refractivity contribution < 1.29 is 9.53 Å². The van der Waals surface area contributed by atoms with Gasteiger partial charge in [-0.25, -0.2) is 0 Å². The Kier molecular flexibility index (Phi) is 6.93. The van der Waals surface area contributed by atoms with Crippen molar-refractivity contribution in [2.45, 2.75) is 0 Å². The SMILES string of the molecule is COc1ccc(/C=c2/s/c(=C(\C#N)C(=O)Nc3ccccc3Cl)n(-c3ccccc3)c2=O)cc1. The highest BCUT2D eigenvalue weighted by molar-refractivity contribution is 7.07. The minimum atomic E-state index is -0.655.